The number of aryl methyl sites for hydroxylation is 2. The highest BCUT2D eigenvalue weighted by molar-refractivity contribution is 6.24. The molecule has 2 aliphatic heterocycles. The number of hydrogen-bond acceptors (Lipinski definition) is 6. The van der Waals surface area contributed by atoms with Crippen LogP contribution in [-0.2, 0) is 14.4 Å². The van der Waals surface area contributed by atoms with Crippen LogP contribution in [0.3, 0.4) is 0 Å². The Morgan fingerprint density at radius 1 is 0.909 bits per heavy atom. The van der Waals surface area contributed by atoms with Crippen molar-refractivity contribution in [2.45, 2.75) is 26.0 Å². The highest BCUT2D eigenvalue weighted by atomic mass is 16.7. The van der Waals surface area contributed by atoms with E-state index in [2.05, 4.69) is 0 Å². The Morgan fingerprint density at radius 3 is 2.30 bits per heavy atom. The van der Waals surface area contributed by atoms with E-state index in [0.717, 1.165) is 16.0 Å². The van der Waals surface area contributed by atoms with Gasteiger partial charge in [-0.05, 0) is 43.7 Å². The molecule has 3 aromatic rings. The molecule has 166 valence electrons. The van der Waals surface area contributed by atoms with Crippen LogP contribution in [0.4, 0.5) is 17.1 Å². The molecule has 3 aromatic carbocycles. The second-order valence-corrected chi connectivity index (χ2v) is 8.28. The van der Waals surface area contributed by atoms with Crippen molar-refractivity contribution >= 4 is 28.9 Å². The van der Waals surface area contributed by atoms with Gasteiger partial charge in [0.2, 0.25) is 5.91 Å². The lowest BCUT2D eigenvalue weighted by Crippen LogP contribution is -2.37. The number of fused-ring (bicyclic) bond motifs is 1. The molecule has 0 spiro atoms. The van der Waals surface area contributed by atoms with E-state index in [1.54, 1.807) is 48.5 Å². The molecule has 8 nitrogen and oxygen atoms in total. The SMILES string of the molecule is Cc1ccc(N2C(=O)[C@@H]3[C@H](ON(c4ccccc4)[C@H]3c3ccccc3[N+](=O)[O-])C2=O)c(C)c1. The summed E-state index contributed by atoms with van der Waals surface area (Å²) in [5.41, 5.74) is 3.11. The van der Waals surface area contributed by atoms with Gasteiger partial charge in [0, 0.05) is 6.07 Å². The summed E-state index contributed by atoms with van der Waals surface area (Å²) in [6.45, 7) is 3.78. The summed E-state index contributed by atoms with van der Waals surface area (Å²) in [6, 6.07) is 19.9. The van der Waals surface area contributed by atoms with E-state index in [4.69, 9.17) is 4.84 Å². The molecule has 2 heterocycles. The normalized spacial score (nSPS) is 22.1. The maximum Gasteiger partial charge on any atom is 0.274 e. The third kappa shape index (κ3) is 3.27. The lowest BCUT2D eigenvalue weighted by atomic mass is 9.89. The summed E-state index contributed by atoms with van der Waals surface area (Å²) in [7, 11) is 0. The van der Waals surface area contributed by atoms with Gasteiger partial charge in [0.15, 0.2) is 6.10 Å². The lowest BCUT2D eigenvalue weighted by Gasteiger charge is -2.28. The topological polar surface area (TPSA) is 93.0 Å². The summed E-state index contributed by atoms with van der Waals surface area (Å²) in [4.78, 5) is 45.7. The van der Waals surface area contributed by atoms with Crippen molar-refractivity contribution in [2.75, 3.05) is 9.96 Å². The highest BCUT2D eigenvalue weighted by Crippen LogP contribution is 2.49. The Labute approximate surface area is 190 Å². The molecule has 0 aliphatic carbocycles. The first kappa shape index (κ1) is 20.8. The molecule has 2 aliphatic rings. The van der Waals surface area contributed by atoms with Crippen LogP contribution in [-0.4, -0.2) is 22.8 Å². The van der Waals surface area contributed by atoms with Crippen LogP contribution in [0, 0.1) is 29.9 Å². The Bertz CT molecular complexity index is 1280. The van der Waals surface area contributed by atoms with Crippen molar-refractivity contribution in [3.8, 4) is 0 Å². The quantitative estimate of drug-likeness (QED) is 0.340. The minimum absolute atomic E-state index is 0.127. The summed E-state index contributed by atoms with van der Waals surface area (Å²) < 4.78 is 0. The van der Waals surface area contributed by atoms with Gasteiger partial charge in [0.25, 0.3) is 11.6 Å². The molecular weight excluding hydrogens is 422 g/mol. The number of nitrogens with zero attached hydrogens (tertiary/aromatic N) is 3. The average Bonchev–Trinajstić information content (AvgIpc) is 3.31. The Hall–Kier alpha value is -4.04. The second-order valence-electron chi connectivity index (χ2n) is 8.28. The minimum atomic E-state index is -1.08. The van der Waals surface area contributed by atoms with Crippen LogP contribution in [0.15, 0.2) is 72.8 Å². The number of anilines is 2. The van der Waals surface area contributed by atoms with Gasteiger partial charge in [0.05, 0.1) is 21.9 Å². The van der Waals surface area contributed by atoms with Crippen LogP contribution in [0.2, 0.25) is 0 Å². The number of nitro groups is 1. The molecule has 5 rings (SSSR count). The Balaban J connectivity index is 1.64. The minimum Gasteiger partial charge on any atom is -0.273 e. The van der Waals surface area contributed by atoms with Crippen molar-refractivity contribution in [1.82, 2.24) is 0 Å². The molecule has 0 aromatic heterocycles. The summed E-state index contributed by atoms with van der Waals surface area (Å²) >= 11 is 0. The van der Waals surface area contributed by atoms with E-state index >= 15 is 0 Å². The zero-order valence-electron chi connectivity index (χ0n) is 18.0. The Kier molecular flexibility index (Phi) is 4.94. The van der Waals surface area contributed by atoms with Crippen molar-refractivity contribution < 1.29 is 19.3 Å². The smallest absolute Gasteiger partial charge is 0.273 e. The molecule has 0 N–H and O–H groups in total. The van der Waals surface area contributed by atoms with Crippen molar-refractivity contribution in [3.05, 3.63) is 99.6 Å². The monoisotopic (exact) mass is 443 g/mol. The highest BCUT2D eigenvalue weighted by Gasteiger charge is 2.61. The van der Waals surface area contributed by atoms with Gasteiger partial charge in [0.1, 0.15) is 12.0 Å². The molecule has 8 heteroatoms. The first-order valence-electron chi connectivity index (χ1n) is 10.6. The number of hydrogen-bond donors (Lipinski definition) is 0. The lowest BCUT2D eigenvalue weighted by molar-refractivity contribution is -0.385. The van der Waals surface area contributed by atoms with Gasteiger partial charge >= 0.3 is 0 Å². The molecule has 2 amide bonds. The van der Waals surface area contributed by atoms with Crippen molar-refractivity contribution in [3.63, 3.8) is 0 Å². The van der Waals surface area contributed by atoms with E-state index in [9.17, 15) is 19.7 Å². The van der Waals surface area contributed by atoms with Gasteiger partial charge in [-0.1, -0.05) is 48.0 Å². The van der Waals surface area contributed by atoms with Gasteiger partial charge in [-0.15, -0.1) is 0 Å². The largest absolute Gasteiger partial charge is 0.274 e. The maximum atomic E-state index is 13.7. The van der Waals surface area contributed by atoms with Crippen molar-refractivity contribution in [1.29, 1.82) is 0 Å². The summed E-state index contributed by atoms with van der Waals surface area (Å²) in [5, 5.41) is 13.3. The number of imide groups is 1. The standard InChI is InChI=1S/C25H21N3O5/c1-15-12-13-19(16(2)14-15)26-24(29)21-22(18-10-6-7-11-20(18)28(31)32)27(33-23(21)25(26)30)17-8-4-3-5-9-17/h3-14,21-23H,1-2H3/t21-,22-,23-/m0/s1. The molecular formula is C25H21N3O5. The van der Waals surface area contributed by atoms with Crippen LogP contribution in [0.25, 0.3) is 0 Å². The third-order valence-electron chi connectivity index (χ3n) is 6.17. The van der Waals surface area contributed by atoms with E-state index < -0.39 is 34.8 Å². The van der Waals surface area contributed by atoms with E-state index in [0.29, 0.717) is 16.9 Å². The molecule has 2 fully saturated rings. The second kappa shape index (κ2) is 7.83. The van der Waals surface area contributed by atoms with Gasteiger partial charge in [-0.3, -0.25) is 24.5 Å². The number of amides is 2. The molecule has 2 saturated heterocycles. The first-order valence-corrected chi connectivity index (χ1v) is 10.6. The number of carbonyl (C=O) groups excluding carboxylic acids is 2. The zero-order valence-corrected chi connectivity index (χ0v) is 18.0. The van der Waals surface area contributed by atoms with Crippen LogP contribution in [0.1, 0.15) is 22.7 Å². The predicted molar refractivity (Wildman–Crippen MR) is 122 cm³/mol. The van der Waals surface area contributed by atoms with Crippen molar-refractivity contribution in [2.24, 2.45) is 5.92 Å². The van der Waals surface area contributed by atoms with Gasteiger partial charge in [-0.25, -0.2) is 9.96 Å². The van der Waals surface area contributed by atoms with Crippen LogP contribution in [0.5, 0.6) is 0 Å². The molecule has 0 unspecified atom stereocenters. The predicted octanol–water partition coefficient (Wildman–Crippen LogP) is 4.26. The average molecular weight is 443 g/mol. The fourth-order valence-electron chi connectivity index (χ4n) is 4.73. The van der Waals surface area contributed by atoms with E-state index in [1.165, 1.54) is 11.1 Å². The molecule has 33 heavy (non-hydrogen) atoms. The number of benzene rings is 3. The van der Waals surface area contributed by atoms with Gasteiger partial charge in [-0.2, -0.15) is 0 Å². The van der Waals surface area contributed by atoms with E-state index in [1.807, 2.05) is 32.0 Å². The number of nitro benzene ring substituents is 1. The maximum absolute atomic E-state index is 13.7. The fourth-order valence-corrected chi connectivity index (χ4v) is 4.73. The first-order chi connectivity index (χ1) is 15.9. The Morgan fingerprint density at radius 2 is 1.61 bits per heavy atom. The molecule has 0 radical (unpaired) electrons. The zero-order chi connectivity index (χ0) is 23.3. The number of hydroxylamine groups is 1. The van der Waals surface area contributed by atoms with Crippen LogP contribution < -0.4 is 9.96 Å². The molecule has 0 saturated carbocycles. The number of para-hydroxylation sites is 2. The molecule has 3 atom stereocenters. The summed E-state index contributed by atoms with van der Waals surface area (Å²) in [5.74, 6) is -1.84. The fraction of sp³-hybridized carbons (Fsp3) is 0.200. The number of rotatable bonds is 4. The molecule has 0 bridgehead atoms. The third-order valence-corrected chi connectivity index (χ3v) is 6.17. The van der Waals surface area contributed by atoms with E-state index in [-0.39, 0.29) is 5.69 Å². The summed E-state index contributed by atoms with van der Waals surface area (Å²) in [6.07, 6.45) is -1.08. The van der Waals surface area contributed by atoms with Gasteiger partial charge < -0.3 is 0 Å². The number of carbonyl (C=O) groups is 2. The van der Waals surface area contributed by atoms with Crippen LogP contribution >= 0.6 is 0 Å².